The van der Waals surface area contributed by atoms with Crippen LogP contribution in [0.3, 0.4) is 0 Å². The molecule has 8 nitrogen and oxygen atoms in total. The average Bonchev–Trinajstić information content (AvgIpc) is 3.14. The van der Waals surface area contributed by atoms with Crippen molar-refractivity contribution in [2.24, 2.45) is 0 Å². The van der Waals surface area contributed by atoms with Gasteiger partial charge in [-0.05, 0) is 59.7 Å². The maximum absolute atomic E-state index is 13.0. The van der Waals surface area contributed by atoms with Gasteiger partial charge in [-0.3, -0.25) is 24.3 Å². The van der Waals surface area contributed by atoms with Crippen molar-refractivity contribution < 1.29 is 19.1 Å². The quantitative estimate of drug-likeness (QED) is 0.413. The van der Waals surface area contributed by atoms with Crippen molar-refractivity contribution in [3.05, 3.63) is 119 Å². The molecule has 2 aromatic heterocycles. The summed E-state index contributed by atoms with van der Waals surface area (Å²) < 4.78 is 5.84. The predicted octanol–water partition coefficient (Wildman–Crippen LogP) is 4.10. The summed E-state index contributed by atoms with van der Waals surface area (Å²) in [4.78, 5) is 47.7. The molecule has 0 aliphatic carbocycles. The van der Waals surface area contributed by atoms with Gasteiger partial charge < -0.3 is 10.1 Å². The molecule has 2 aromatic carbocycles. The number of carbonyl (C=O) groups is 3. The molecule has 0 atom stereocenters. The molecule has 0 unspecified atom stereocenters. The van der Waals surface area contributed by atoms with Gasteiger partial charge in [-0.2, -0.15) is 0 Å². The molecule has 1 N–H and O–H groups in total. The number of hydrogen-bond donors (Lipinski definition) is 1. The average molecular weight is 464 g/mol. The minimum absolute atomic E-state index is 0.0668. The Morgan fingerprint density at radius 2 is 1.57 bits per heavy atom. The number of anilines is 1. The fourth-order valence-electron chi connectivity index (χ4n) is 3.80. The van der Waals surface area contributed by atoms with Gasteiger partial charge in [0.25, 0.3) is 17.7 Å². The molecule has 35 heavy (non-hydrogen) atoms. The van der Waals surface area contributed by atoms with Gasteiger partial charge in [-0.25, -0.2) is 4.98 Å². The van der Waals surface area contributed by atoms with E-state index in [1.165, 1.54) is 4.90 Å². The van der Waals surface area contributed by atoms with E-state index in [2.05, 4.69) is 15.3 Å². The van der Waals surface area contributed by atoms with E-state index in [1.54, 1.807) is 79.3 Å². The van der Waals surface area contributed by atoms with Crippen LogP contribution in [-0.4, -0.2) is 32.6 Å². The summed E-state index contributed by atoms with van der Waals surface area (Å²) in [5.74, 6) is -0.353. The minimum Gasteiger partial charge on any atom is -0.485 e. The molecule has 0 spiro atoms. The Morgan fingerprint density at radius 1 is 0.829 bits per heavy atom. The SMILES string of the molecule is O=C(Nc1ncccc1OCc1ccncc1)c1cccc(CN2C(=O)c3ccccc3C2=O)c1. The van der Waals surface area contributed by atoms with Crippen molar-refractivity contribution >= 4 is 23.5 Å². The highest BCUT2D eigenvalue weighted by Crippen LogP contribution is 2.25. The summed E-state index contributed by atoms with van der Waals surface area (Å²) in [5, 5.41) is 2.78. The molecule has 0 saturated carbocycles. The van der Waals surface area contributed by atoms with Crippen LogP contribution in [0.15, 0.2) is 91.4 Å². The third-order valence-electron chi connectivity index (χ3n) is 5.55. The molecular weight excluding hydrogens is 444 g/mol. The second-order valence-corrected chi connectivity index (χ2v) is 7.89. The van der Waals surface area contributed by atoms with Gasteiger partial charge >= 0.3 is 0 Å². The Kier molecular flexibility index (Phi) is 6.00. The Balaban J connectivity index is 1.29. The Morgan fingerprint density at radius 3 is 2.31 bits per heavy atom. The lowest BCUT2D eigenvalue weighted by atomic mass is 10.1. The molecule has 0 fully saturated rings. The predicted molar refractivity (Wildman–Crippen MR) is 128 cm³/mol. The Labute approximate surface area is 201 Å². The lowest BCUT2D eigenvalue weighted by molar-refractivity contribution is 0.0642. The maximum atomic E-state index is 13.0. The smallest absolute Gasteiger partial charge is 0.261 e. The van der Waals surface area contributed by atoms with E-state index < -0.39 is 0 Å². The number of imide groups is 1. The van der Waals surface area contributed by atoms with E-state index in [4.69, 9.17) is 4.74 Å². The van der Waals surface area contributed by atoms with Crippen LogP contribution in [0.25, 0.3) is 0 Å². The van der Waals surface area contributed by atoms with Gasteiger partial charge in [-0.1, -0.05) is 24.3 Å². The van der Waals surface area contributed by atoms with Gasteiger partial charge in [0.1, 0.15) is 6.61 Å². The van der Waals surface area contributed by atoms with Crippen molar-refractivity contribution in [1.29, 1.82) is 0 Å². The highest BCUT2D eigenvalue weighted by molar-refractivity contribution is 6.21. The lowest BCUT2D eigenvalue weighted by Gasteiger charge is -2.15. The number of aromatic nitrogens is 2. The van der Waals surface area contributed by atoms with Crippen LogP contribution >= 0.6 is 0 Å². The van der Waals surface area contributed by atoms with Gasteiger partial charge in [0.15, 0.2) is 11.6 Å². The van der Waals surface area contributed by atoms with Gasteiger partial charge in [0, 0.05) is 24.2 Å². The molecule has 4 aromatic rings. The number of fused-ring (bicyclic) bond motifs is 1. The van der Waals surface area contributed by atoms with E-state index in [1.807, 2.05) is 12.1 Å². The monoisotopic (exact) mass is 464 g/mol. The molecule has 1 aliphatic rings. The number of pyridine rings is 2. The molecule has 1 aliphatic heterocycles. The molecular formula is C27H20N4O4. The third-order valence-corrected chi connectivity index (χ3v) is 5.55. The van der Waals surface area contributed by atoms with Gasteiger partial charge in [0.05, 0.1) is 17.7 Å². The molecule has 172 valence electrons. The second-order valence-electron chi connectivity index (χ2n) is 7.89. The van der Waals surface area contributed by atoms with Crippen molar-refractivity contribution in [1.82, 2.24) is 14.9 Å². The van der Waals surface area contributed by atoms with Crippen molar-refractivity contribution in [2.45, 2.75) is 13.2 Å². The topological polar surface area (TPSA) is 101 Å². The van der Waals surface area contributed by atoms with Crippen molar-refractivity contribution in [3.8, 4) is 5.75 Å². The molecule has 0 bridgehead atoms. The lowest BCUT2D eigenvalue weighted by Crippen LogP contribution is -2.29. The second kappa shape index (κ2) is 9.56. The molecule has 0 saturated heterocycles. The van der Waals surface area contributed by atoms with Crippen LogP contribution < -0.4 is 10.1 Å². The number of amides is 3. The zero-order chi connectivity index (χ0) is 24.2. The largest absolute Gasteiger partial charge is 0.485 e. The third kappa shape index (κ3) is 4.63. The first kappa shape index (κ1) is 22.0. The van der Waals surface area contributed by atoms with Crippen LogP contribution in [-0.2, 0) is 13.2 Å². The summed E-state index contributed by atoms with van der Waals surface area (Å²) in [5.41, 5.74) is 2.73. The fourth-order valence-corrected chi connectivity index (χ4v) is 3.80. The Hall–Kier alpha value is -4.85. The molecule has 8 heteroatoms. The zero-order valence-corrected chi connectivity index (χ0v) is 18.5. The summed E-state index contributed by atoms with van der Waals surface area (Å²) >= 11 is 0. The van der Waals surface area contributed by atoms with Crippen LogP contribution in [0.5, 0.6) is 5.75 Å². The number of hydrogen-bond acceptors (Lipinski definition) is 6. The fraction of sp³-hybridized carbons (Fsp3) is 0.0741. The highest BCUT2D eigenvalue weighted by atomic mass is 16.5. The number of ether oxygens (including phenoxy) is 1. The van der Waals surface area contributed by atoms with Gasteiger partial charge in [0.2, 0.25) is 0 Å². The van der Waals surface area contributed by atoms with E-state index in [0.717, 1.165) is 5.56 Å². The standard InChI is InChI=1S/C27H20N4O4/c32-25(30-24-23(9-4-12-29-24)35-17-18-10-13-28-14-11-18)20-6-3-5-19(15-20)16-31-26(33)21-7-1-2-8-22(21)27(31)34/h1-15H,16-17H2,(H,29,30,32). The minimum atomic E-state index is -0.387. The first-order valence-electron chi connectivity index (χ1n) is 10.9. The number of nitrogens with one attached hydrogen (secondary N) is 1. The normalized spacial score (nSPS) is 12.4. The number of carbonyl (C=O) groups excluding carboxylic acids is 3. The van der Waals surface area contributed by atoms with Gasteiger partial charge in [-0.15, -0.1) is 0 Å². The number of nitrogens with zero attached hydrogens (tertiary/aromatic N) is 3. The summed E-state index contributed by atoms with van der Waals surface area (Å²) in [6, 6.07) is 20.6. The molecule has 5 rings (SSSR count). The zero-order valence-electron chi connectivity index (χ0n) is 18.5. The summed E-state index contributed by atoms with van der Waals surface area (Å²) in [6.07, 6.45) is 4.92. The van der Waals surface area contributed by atoms with E-state index in [-0.39, 0.29) is 30.1 Å². The summed E-state index contributed by atoms with van der Waals surface area (Å²) in [7, 11) is 0. The first-order valence-corrected chi connectivity index (χ1v) is 10.9. The Bertz CT molecular complexity index is 1390. The van der Waals surface area contributed by atoms with E-state index >= 15 is 0 Å². The number of benzene rings is 2. The summed E-state index contributed by atoms with van der Waals surface area (Å²) in [6.45, 7) is 0.365. The van der Waals surface area contributed by atoms with Crippen molar-refractivity contribution in [2.75, 3.05) is 5.32 Å². The maximum Gasteiger partial charge on any atom is 0.261 e. The van der Waals surface area contributed by atoms with Crippen LogP contribution in [0.4, 0.5) is 5.82 Å². The van der Waals surface area contributed by atoms with E-state index in [0.29, 0.717) is 34.6 Å². The van der Waals surface area contributed by atoms with Crippen LogP contribution in [0.1, 0.15) is 42.2 Å². The van der Waals surface area contributed by atoms with Crippen LogP contribution in [0, 0.1) is 0 Å². The van der Waals surface area contributed by atoms with Crippen molar-refractivity contribution in [3.63, 3.8) is 0 Å². The molecule has 0 radical (unpaired) electrons. The number of rotatable bonds is 7. The first-order chi connectivity index (χ1) is 17.1. The highest BCUT2D eigenvalue weighted by Gasteiger charge is 2.35. The van der Waals surface area contributed by atoms with E-state index in [9.17, 15) is 14.4 Å². The van der Waals surface area contributed by atoms with Crippen LogP contribution in [0.2, 0.25) is 0 Å². The molecule has 3 amide bonds. The molecule has 3 heterocycles.